The van der Waals surface area contributed by atoms with Crippen LogP contribution in [0.5, 0.6) is 5.75 Å². The molecule has 2 heterocycles. The molecule has 1 saturated heterocycles. The van der Waals surface area contributed by atoms with Crippen LogP contribution in [0.15, 0.2) is 47.3 Å². The number of hydrogen-bond donors (Lipinski definition) is 3. The Labute approximate surface area is 258 Å². The number of hydrogen-bond acceptors (Lipinski definition) is 7. The molecule has 1 aliphatic heterocycles. The molecule has 0 atom stereocenters. The lowest BCUT2D eigenvalue weighted by atomic mass is 9.95. The second kappa shape index (κ2) is 15.5. The largest absolute Gasteiger partial charge is 0.494 e. The molecule has 3 N–H and O–H groups in total. The summed E-state index contributed by atoms with van der Waals surface area (Å²) in [6.07, 6.45) is 2.41. The third-order valence-corrected chi connectivity index (χ3v) is 7.94. The van der Waals surface area contributed by atoms with Gasteiger partial charge in [-0.05, 0) is 93.1 Å². The molecule has 0 saturated carbocycles. The van der Waals surface area contributed by atoms with Crippen LogP contribution in [0.1, 0.15) is 58.9 Å². The topological polar surface area (TPSA) is 130 Å². The first-order chi connectivity index (χ1) is 21.2. The highest BCUT2D eigenvalue weighted by Gasteiger charge is 2.25. The van der Waals surface area contributed by atoms with Gasteiger partial charge in [-0.3, -0.25) is 9.59 Å². The van der Waals surface area contributed by atoms with E-state index >= 15 is 0 Å². The van der Waals surface area contributed by atoms with Gasteiger partial charge in [0, 0.05) is 61.3 Å². The third kappa shape index (κ3) is 8.48. The minimum atomic E-state index is -0.993. The van der Waals surface area contributed by atoms with E-state index in [-0.39, 0.29) is 24.6 Å². The summed E-state index contributed by atoms with van der Waals surface area (Å²) >= 11 is 0. The average molecular weight is 606 g/mol. The van der Waals surface area contributed by atoms with Crippen LogP contribution in [0.4, 0.5) is 5.69 Å². The van der Waals surface area contributed by atoms with Crippen molar-refractivity contribution in [2.24, 2.45) is 0 Å². The fourth-order valence-electron chi connectivity index (χ4n) is 5.64. The van der Waals surface area contributed by atoms with Gasteiger partial charge in [0.25, 0.3) is 11.5 Å². The summed E-state index contributed by atoms with van der Waals surface area (Å²) < 4.78 is 16.5. The molecule has 0 radical (unpaired) electrons. The number of benzene rings is 2. The maximum Gasteiger partial charge on any atom is 0.329 e. The van der Waals surface area contributed by atoms with E-state index in [0.29, 0.717) is 55.8 Å². The van der Waals surface area contributed by atoms with Crippen molar-refractivity contribution in [1.82, 2.24) is 10.3 Å². The third-order valence-electron chi connectivity index (χ3n) is 7.94. The number of ether oxygens (including phenoxy) is 3. The van der Waals surface area contributed by atoms with Gasteiger partial charge in [-0.15, -0.1) is 0 Å². The van der Waals surface area contributed by atoms with Crippen LogP contribution in [0.3, 0.4) is 0 Å². The highest BCUT2D eigenvalue weighted by Crippen LogP contribution is 2.34. The monoisotopic (exact) mass is 605 g/mol. The Hall–Kier alpha value is -4.15. The highest BCUT2D eigenvalue weighted by molar-refractivity contribution is 5.99. The van der Waals surface area contributed by atoms with E-state index in [2.05, 4.69) is 28.2 Å². The van der Waals surface area contributed by atoms with Gasteiger partial charge >= 0.3 is 5.97 Å². The number of carboxylic acids is 1. The normalized spacial score (nSPS) is 13.5. The molecule has 1 aromatic heterocycles. The van der Waals surface area contributed by atoms with E-state index in [1.165, 1.54) is 0 Å². The second-order valence-corrected chi connectivity index (χ2v) is 11.1. The lowest BCUT2D eigenvalue weighted by Gasteiger charge is -2.37. The quantitative estimate of drug-likeness (QED) is 0.224. The number of pyridine rings is 1. The fourth-order valence-corrected chi connectivity index (χ4v) is 5.64. The van der Waals surface area contributed by atoms with Crippen LogP contribution in [0.25, 0.3) is 11.1 Å². The first-order valence-electron chi connectivity index (χ1n) is 15.2. The maximum atomic E-state index is 13.7. The summed E-state index contributed by atoms with van der Waals surface area (Å²) in [4.78, 5) is 42.0. The van der Waals surface area contributed by atoms with Gasteiger partial charge < -0.3 is 34.5 Å². The van der Waals surface area contributed by atoms with Crippen molar-refractivity contribution < 1.29 is 28.9 Å². The number of anilines is 1. The summed E-state index contributed by atoms with van der Waals surface area (Å²) in [5.74, 6) is -0.542. The standard InChI is InChI=1S/C34H43N3O7/c1-5-37(27-11-15-42-16-12-27)31-19-26(25-7-9-28(10-8-25)44-14-6-13-43-21-32(38)39)18-29(24(31)4)33(40)35-20-30-22(2)17-23(3)36-34(30)41/h7-10,17-19,27H,5-6,11-16,20-21H2,1-4H3,(H,35,40)(H,36,41)(H,38,39). The van der Waals surface area contributed by atoms with Crippen LogP contribution in [0, 0.1) is 20.8 Å². The number of aromatic amines is 1. The van der Waals surface area contributed by atoms with E-state index in [0.717, 1.165) is 53.0 Å². The Morgan fingerprint density at radius 1 is 1.05 bits per heavy atom. The van der Waals surface area contributed by atoms with E-state index < -0.39 is 5.97 Å². The van der Waals surface area contributed by atoms with E-state index in [9.17, 15) is 14.4 Å². The molecule has 3 aromatic rings. The molecule has 44 heavy (non-hydrogen) atoms. The summed E-state index contributed by atoms with van der Waals surface area (Å²) in [6, 6.07) is 14.0. The molecule has 10 nitrogen and oxygen atoms in total. The number of nitrogens with one attached hydrogen (secondary N) is 2. The second-order valence-electron chi connectivity index (χ2n) is 11.1. The number of H-pyrrole nitrogens is 1. The number of carbonyl (C=O) groups is 2. The van der Waals surface area contributed by atoms with Gasteiger partial charge in [-0.25, -0.2) is 4.79 Å². The van der Waals surface area contributed by atoms with Crippen LogP contribution < -0.4 is 20.5 Å². The molecule has 1 amide bonds. The van der Waals surface area contributed by atoms with Crippen molar-refractivity contribution >= 4 is 17.6 Å². The molecular formula is C34H43N3O7. The Bertz CT molecular complexity index is 1490. The summed E-state index contributed by atoms with van der Waals surface area (Å²) in [5.41, 5.74) is 6.26. The van der Waals surface area contributed by atoms with E-state index in [1.54, 1.807) is 0 Å². The summed E-state index contributed by atoms with van der Waals surface area (Å²) in [6.45, 7) is 10.6. The van der Waals surface area contributed by atoms with E-state index in [1.807, 2.05) is 57.2 Å². The molecule has 0 spiro atoms. The van der Waals surface area contributed by atoms with Crippen molar-refractivity contribution in [1.29, 1.82) is 0 Å². The van der Waals surface area contributed by atoms with Gasteiger partial charge in [-0.1, -0.05) is 12.1 Å². The molecule has 1 aliphatic rings. The molecular weight excluding hydrogens is 562 g/mol. The molecule has 4 rings (SSSR count). The Kier molecular flexibility index (Phi) is 11.6. The Balaban J connectivity index is 1.59. The number of amides is 1. The van der Waals surface area contributed by atoms with Crippen molar-refractivity contribution in [3.8, 4) is 16.9 Å². The van der Waals surface area contributed by atoms with Crippen molar-refractivity contribution in [3.05, 3.63) is 80.8 Å². The molecule has 1 fully saturated rings. The number of aromatic nitrogens is 1. The fraction of sp³-hybridized carbons (Fsp3) is 0.441. The van der Waals surface area contributed by atoms with Crippen molar-refractivity contribution in [2.75, 3.05) is 44.5 Å². The highest BCUT2D eigenvalue weighted by atomic mass is 16.5. The minimum absolute atomic E-state index is 0.129. The van der Waals surface area contributed by atoms with Gasteiger partial charge in [-0.2, -0.15) is 0 Å². The Morgan fingerprint density at radius 3 is 2.43 bits per heavy atom. The van der Waals surface area contributed by atoms with E-state index in [4.69, 9.17) is 19.3 Å². The predicted molar refractivity (Wildman–Crippen MR) is 170 cm³/mol. The first-order valence-corrected chi connectivity index (χ1v) is 15.2. The molecule has 10 heteroatoms. The lowest BCUT2D eigenvalue weighted by molar-refractivity contribution is -0.142. The summed E-state index contributed by atoms with van der Waals surface area (Å²) in [7, 11) is 0. The SMILES string of the molecule is CCN(c1cc(-c2ccc(OCCCOCC(=O)O)cc2)cc(C(=O)NCc2c(C)cc(C)[nH]c2=O)c1C)C1CCOCC1. The minimum Gasteiger partial charge on any atom is -0.494 e. The number of carbonyl (C=O) groups excluding carboxylic acids is 1. The molecule has 0 unspecified atom stereocenters. The number of aryl methyl sites for hydroxylation is 2. The molecule has 0 bridgehead atoms. The first kappa shape index (κ1) is 32.8. The number of nitrogens with zero attached hydrogens (tertiary/aromatic N) is 1. The zero-order valence-electron chi connectivity index (χ0n) is 26.0. The zero-order valence-corrected chi connectivity index (χ0v) is 26.0. The van der Waals surface area contributed by atoms with Gasteiger partial charge in [0.1, 0.15) is 12.4 Å². The maximum absolute atomic E-state index is 13.7. The van der Waals surface area contributed by atoms with Gasteiger partial charge in [0.05, 0.1) is 13.2 Å². The van der Waals surface area contributed by atoms with Crippen LogP contribution in [0.2, 0.25) is 0 Å². The lowest BCUT2D eigenvalue weighted by Crippen LogP contribution is -2.40. The number of carboxylic acid groups (broad SMARTS) is 1. The predicted octanol–water partition coefficient (Wildman–Crippen LogP) is 4.77. The van der Waals surface area contributed by atoms with Crippen molar-refractivity contribution in [2.45, 2.75) is 59.5 Å². The van der Waals surface area contributed by atoms with Crippen LogP contribution in [-0.4, -0.2) is 67.6 Å². The van der Waals surface area contributed by atoms with Crippen LogP contribution >= 0.6 is 0 Å². The molecule has 2 aromatic carbocycles. The van der Waals surface area contributed by atoms with Gasteiger partial charge in [0.15, 0.2) is 0 Å². The average Bonchev–Trinajstić information content (AvgIpc) is 3.00. The summed E-state index contributed by atoms with van der Waals surface area (Å²) in [5, 5.41) is 11.7. The number of aliphatic carboxylic acids is 1. The number of rotatable bonds is 14. The van der Waals surface area contributed by atoms with Crippen LogP contribution in [-0.2, 0) is 20.8 Å². The van der Waals surface area contributed by atoms with Crippen molar-refractivity contribution in [3.63, 3.8) is 0 Å². The zero-order chi connectivity index (χ0) is 31.6. The Morgan fingerprint density at radius 2 is 1.77 bits per heavy atom. The van der Waals surface area contributed by atoms with Gasteiger partial charge in [0.2, 0.25) is 0 Å². The smallest absolute Gasteiger partial charge is 0.329 e. The molecule has 236 valence electrons. The molecule has 0 aliphatic carbocycles.